The minimum atomic E-state index is -0.474. The molecule has 1 amide bonds. The van der Waals surface area contributed by atoms with Crippen molar-refractivity contribution >= 4 is 5.91 Å². The summed E-state index contributed by atoms with van der Waals surface area (Å²) in [5, 5.41) is 6.80. The lowest BCUT2D eigenvalue weighted by atomic mass is 10.1. The van der Waals surface area contributed by atoms with E-state index >= 15 is 0 Å². The molecule has 0 saturated heterocycles. The third kappa shape index (κ3) is 4.27. The van der Waals surface area contributed by atoms with Crippen LogP contribution in [0.5, 0.6) is 5.75 Å². The molecule has 1 N–H and O–H groups in total. The highest BCUT2D eigenvalue weighted by molar-refractivity contribution is 5.78. The third-order valence-electron chi connectivity index (χ3n) is 2.92. The highest BCUT2D eigenvalue weighted by Gasteiger charge is 2.11. The highest BCUT2D eigenvalue weighted by Crippen LogP contribution is 2.17. The summed E-state index contributed by atoms with van der Waals surface area (Å²) < 4.78 is 20.0. The molecule has 112 valence electrons. The number of amides is 1. The second-order valence-corrected chi connectivity index (χ2v) is 4.73. The lowest BCUT2D eigenvalue weighted by Gasteiger charge is -2.13. The Morgan fingerprint density at radius 1 is 1.52 bits per heavy atom. The normalized spacial score (nSPS) is 12.0. The topological polar surface area (TPSA) is 69.0 Å². The molecule has 21 heavy (non-hydrogen) atoms. The Morgan fingerprint density at radius 3 is 2.95 bits per heavy atom. The maximum absolute atomic E-state index is 13.5. The van der Waals surface area contributed by atoms with Crippen molar-refractivity contribution in [2.24, 2.45) is 0 Å². The van der Waals surface area contributed by atoms with Crippen LogP contribution < -0.4 is 10.1 Å². The number of aromatic nitrogens is 3. The molecule has 0 aliphatic rings. The van der Waals surface area contributed by atoms with Crippen LogP contribution in [0.4, 0.5) is 4.39 Å². The van der Waals surface area contributed by atoms with Crippen LogP contribution in [-0.2, 0) is 17.8 Å². The standard InChI is InChI=1S/C14H17FN4O2/c1-10(7-19-9-16-8-17-19)18-14(20)6-11-3-4-13(21-2)12(15)5-11/h3-5,8-10H,6-7H2,1-2H3,(H,18,20). The predicted octanol–water partition coefficient (Wildman–Crippen LogP) is 1.17. The van der Waals surface area contributed by atoms with Crippen LogP contribution in [0.3, 0.4) is 0 Å². The molecule has 1 aromatic carbocycles. The number of hydrogen-bond acceptors (Lipinski definition) is 4. The fourth-order valence-corrected chi connectivity index (χ4v) is 1.98. The van der Waals surface area contributed by atoms with E-state index in [1.54, 1.807) is 17.1 Å². The average molecular weight is 292 g/mol. The first-order chi connectivity index (χ1) is 10.1. The van der Waals surface area contributed by atoms with E-state index in [2.05, 4.69) is 15.4 Å². The van der Waals surface area contributed by atoms with Gasteiger partial charge in [-0.3, -0.25) is 9.48 Å². The van der Waals surface area contributed by atoms with Gasteiger partial charge in [-0.15, -0.1) is 0 Å². The first-order valence-electron chi connectivity index (χ1n) is 6.52. The van der Waals surface area contributed by atoms with Crippen molar-refractivity contribution in [2.45, 2.75) is 25.9 Å². The number of hydrogen-bond donors (Lipinski definition) is 1. The van der Waals surface area contributed by atoms with Crippen molar-refractivity contribution < 1.29 is 13.9 Å². The Bertz CT molecular complexity index is 601. The Hall–Kier alpha value is -2.44. The van der Waals surface area contributed by atoms with E-state index in [0.717, 1.165) is 0 Å². The van der Waals surface area contributed by atoms with Gasteiger partial charge in [0.25, 0.3) is 0 Å². The quantitative estimate of drug-likeness (QED) is 0.868. The maximum atomic E-state index is 13.5. The zero-order valence-corrected chi connectivity index (χ0v) is 11.9. The Morgan fingerprint density at radius 2 is 2.33 bits per heavy atom. The van der Waals surface area contributed by atoms with Gasteiger partial charge >= 0.3 is 0 Å². The van der Waals surface area contributed by atoms with Gasteiger partial charge in [-0.1, -0.05) is 6.07 Å². The summed E-state index contributed by atoms with van der Waals surface area (Å²) in [6.07, 6.45) is 3.14. The number of halogens is 1. The predicted molar refractivity (Wildman–Crippen MR) is 74.3 cm³/mol. The van der Waals surface area contributed by atoms with Crippen molar-refractivity contribution in [2.75, 3.05) is 7.11 Å². The van der Waals surface area contributed by atoms with Crippen LogP contribution in [0.1, 0.15) is 12.5 Å². The first-order valence-corrected chi connectivity index (χ1v) is 6.52. The van der Waals surface area contributed by atoms with Crippen LogP contribution in [0.2, 0.25) is 0 Å². The number of rotatable bonds is 6. The van der Waals surface area contributed by atoms with Crippen molar-refractivity contribution in [1.82, 2.24) is 20.1 Å². The number of carbonyl (C=O) groups is 1. The SMILES string of the molecule is COc1ccc(CC(=O)NC(C)Cn2cncn2)cc1F. The van der Waals surface area contributed by atoms with Crippen LogP contribution in [0.15, 0.2) is 30.9 Å². The summed E-state index contributed by atoms with van der Waals surface area (Å²) in [6.45, 7) is 2.40. The molecule has 1 heterocycles. The molecule has 0 radical (unpaired) electrons. The molecule has 0 bridgehead atoms. The summed E-state index contributed by atoms with van der Waals surface area (Å²) in [7, 11) is 1.40. The number of nitrogens with zero attached hydrogens (tertiary/aromatic N) is 3. The van der Waals surface area contributed by atoms with Crippen molar-refractivity contribution in [3.8, 4) is 5.75 Å². The average Bonchev–Trinajstić information content (AvgIpc) is 2.91. The number of benzene rings is 1. The van der Waals surface area contributed by atoms with Gasteiger partial charge in [0, 0.05) is 6.04 Å². The molecule has 6 nitrogen and oxygen atoms in total. The fraction of sp³-hybridized carbons (Fsp3) is 0.357. The second kappa shape index (κ2) is 6.83. The Labute approximate surface area is 121 Å². The van der Waals surface area contributed by atoms with Gasteiger partial charge in [0.05, 0.1) is 20.1 Å². The minimum Gasteiger partial charge on any atom is -0.494 e. The summed E-state index contributed by atoms with van der Waals surface area (Å²) in [4.78, 5) is 15.7. The van der Waals surface area contributed by atoms with E-state index in [9.17, 15) is 9.18 Å². The van der Waals surface area contributed by atoms with E-state index in [0.29, 0.717) is 12.1 Å². The lowest BCUT2D eigenvalue weighted by Crippen LogP contribution is -2.36. The van der Waals surface area contributed by atoms with Gasteiger partial charge in [0.15, 0.2) is 11.6 Å². The van der Waals surface area contributed by atoms with Gasteiger partial charge in [0.2, 0.25) is 5.91 Å². The van der Waals surface area contributed by atoms with Crippen LogP contribution in [-0.4, -0.2) is 33.8 Å². The molecule has 2 aromatic rings. The van der Waals surface area contributed by atoms with E-state index < -0.39 is 5.82 Å². The molecule has 0 fully saturated rings. The second-order valence-electron chi connectivity index (χ2n) is 4.73. The Kier molecular flexibility index (Phi) is 4.86. The maximum Gasteiger partial charge on any atom is 0.224 e. The van der Waals surface area contributed by atoms with E-state index in [4.69, 9.17) is 4.74 Å². The van der Waals surface area contributed by atoms with Gasteiger partial charge < -0.3 is 10.1 Å². The molecule has 2 rings (SSSR count). The number of carbonyl (C=O) groups excluding carboxylic acids is 1. The van der Waals surface area contributed by atoms with E-state index in [1.807, 2.05) is 6.92 Å². The van der Waals surface area contributed by atoms with Crippen LogP contribution in [0, 0.1) is 5.82 Å². The van der Waals surface area contributed by atoms with Crippen LogP contribution >= 0.6 is 0 Å². The number of methoxy groups -OCH3 is 1. The lowest BCUT2D eigenvalue weighted by molar-refractivity contribution is -0.121. The fourth-order valence-electron chi connectivity index (χ4n) is 1.98. The van der Waals surface area contributed by atoms with Gasteiger partial charge in [-0.25, -0.2) is 9.37 Å². The molecule has 0 aliphatic heterocycles. The van der Waals surface area contributed by atoms with Gasteiger partial charge in [0.1, 0.15) is 12.7 Å². The molecule has 0 aliphatic carbocycles. The third-order valence-corrected chi connectivity index (χ3v) is 2.92. The summed E-state index contributed by atoms with van der Waals surface area (Å²) in [6, 6.07) is 4.39. The highest BCUT2D eigenvalue weighted by atomic mass is 19.1. The largest absolute Gasteiger partial charge is 0.494 e. The zero-order valence-electron chi connectivity index (χ0n) is 11.9. The summed E-state index contributed by atoms with van der Waals surface area (Å²) >= 11 is 0. The molecule has 7 heteroatoms. The smallest absolute Gasteiger partial charge is 0.224 e. The molecular weight excluding hydrogens is 275 g/mol. The van der Waals surface area contributed by atoms with Crippen molar-refractivity contribution in [3.05, 3.63) is 42.2 Å². The molecule has 1 unspecified atom stereocenters. The van der Waals surface area contributed by atoms with Gasteiger partial charge in [-0.05, 0) is 24.6 Å². The van der Waals surface area contributed by atoms with Gasteiger partial charge in [-0.2, -0.15) is 5.10 Å². The molecule has 0 spiro atoms. The first kappa shape index (κ1) is 15.0. The summed E-state index contributed by atoms with van der Waals surface area (Å²) in [5.74, 6) is -0.482. The van der Waals surface area contributed by atoms with E-state index in [-0.39, 0.29) is 24.1 Å². The molecule has 1 atom stereocenters. The minimum absolute atomic E-state index is 0.0951. The van der Waals surface area contributed by atoms with Crippen LogP contribution in [0.25, 0.3) is 0 Å². The number of ether oxygens (including phenoxy) is 1. The zero-order chi connectivity index (χ0) is 15.2. The van der Waals surface area contributed by atoms with Crippen molar-refractivity contribution in [3.63, 3.8) is 0 Å². The monoisotopic (exact) mass is 292 g/mol. The Balaban J connectivity index is 1.87. The number of nitrogens with one attached hydrogen (secondary N) is 1. The molecule has 0 saturated carbocycles. The van der Waals surface area contributed by atoms with E-state index in [1.165, 1.54) is 25.6 Å². The van der Waals surface area contributed by atoms with Crippen molar-refractivity contribution in [1.29, 1.82) is 0 Å². The summed E-state index contributed by atoms with van der Waals surface area (Å²) in [5.41, 5.74) is 0.596. The molecule has 1 aromatic heterocycles. The molecular formula is C14H17FN4O2.